The van der Waals surface area contributed by atoms with E-state index in [0.29, 0.717) is 6.42 Å². The molecule has 1 N–H and O–H groups in total. The average molecular weight is 275 g/mol. The van der Waals surface area contributed by atoms with E-state index in [1.54, 1.807) is 18.2 Å². The number of nitrogens with one attached hydrogen (secondary N) is 1. The molecular weight excluding hydrogens is 256 g/mol. The van der Waals surface area contributed by atoms with Gasteiger partial charge in [-0.2, -0.15) is 0 Å². The molecule has 0 heterocycles. The van der Waals surface area contributed by atoms with Crippen LogP contribution in [0.2, 0.25) is 0 Å². The zero-order valence-corrected chi connectivity index (χ0v) is 12.0. The second-order valence-electron chi connectivity index (χ2n) is 5.12. The lowest BCUT2D eigenvalue weighted by Gasteiger charge is -2.20. The second-order valence-corrected chi connectivity index (χ2v) is 5.12. The summed E-state index contributed by atoms with van der Waals surface area (Å²) in [6, 6.07) is 9.61. The van der Waals surface area contributed by atoms with Crippen LogP contribution in [0.15, 0.2) is 36.4 Å². The van der Waals surface area contributed by atoms with Gasteiger partial charge in [0.25, 0.3) is 0 Å². The van der Waals surface area contributed by atoms with E-state index >= 15 is 0 Å². The van der Waals surface area contributed by atoms with Gasteiger partial charge in [-0.05, 0) is 73.8 Å². The quantitative estimate of drug-likeness (QED) is 0.886. The fraction of sp³-hybridized carbons (Fsp3) is 0.294. The minimum Gasteiger partial charge on any atom is -0.313 e. The summed E-state index contributed by atoms with van der Waals surface area (Å²) in [7, 11) is 1.86. The minimum absolute atomic E-state index is 0.00913. The van der Waals surface area contributed by atoms with E-state index in [1.165, 1.54) is 18.2 Å². The lowest BCUT2D eigenvalue weighted by atomic mass is 9.93. The molecule has 0 aliphatic heterocycles. The molecular formula is C17H19F2N. The first-order valence-corrected chi connectivity index (χ1v) is 6.69. The summed E-state index contributed by atoms with van der Waals surface area (Å²) in [6.07, 6.45) is 0.701. The molecule has 0 radical (unpaired) electrons. The van der Waals surface area contributed by atoms with E-state index in [1.807, 2.05) is 20.9 Å². The molecule has 0 amide bonds. The molecule has 106 valence electrons. The molecule has 1 unspecified atom stereocenters. The zero-order valence-electron chi connectivity index (χ0n) is 12.0. The topological polar surface area (TPSA) is 12.0 Å². The average Bonchev–Trinajstić information content (AvgIpc) is 2.41. The number of benzene rings is 2. The molecule has 2 aromatic rings. The second kappa shape index (κ2) is 6.14. The molecule has 1 atom stereocenters. The number of rotatable bonds is 4. The van der Waals surface area contributed by atoms with E-state index in [0.717, 1.165) is 22.3 Å². The summed E-state index contributed by atoms with van der Waals surface area (Å²) in [6.45, 7) is 3.86. The van der Waals surface area contributed by atoms with Crippen molar-refractivity contribution in [3.8, 4) is 0 Å². The number of halogens is 2. The number of hydrogen-bond donors (Lipinski definition) is 1. The highest BCUT2D eigenvalue weighted by molar-refractivity contribution is 5.33. The Labute approximate surface area is 118 Å². The fourth-order valence-electron chi connectivity index (χ4n) is 2.46. The van der Waals surface area contributed by atoms with Crippen molar-refractivity contribution in [3.63, 3.8) is 0 Å². The summed E-state index contributed by atoms with van der Waals surface area (Å²) in [5.41, 5.74) is 3.97. The predicted octanol–water partition coefficient (Wildman–Crippen LogP) is 4.08. The van der Waals surface area contributed by atoms with Gasteiger partial charge in [0.05, 0.1) is 0 Å². The Bertz CT molecular complexity index is 608. The van der Waals surface area contributed by atoms with Crippen LogP contribution in [0.5, 0.6) is 0 Å². The highest BCUT2D eigenvalue weighted by Gasteiger charge is 2.14. The van der Waals surface area contributed by atoms with E-state index in [4.69, 9.17) is 0 Å². The molecule has 1 nitrogen and oxygen atoms in total. The van der Waals surface area contributed by atoms with Gasteiger partial charge in [0.2, 0.25) is 0 Å². The van der Waals surface area contributed by atoms with Crippen LogP contribution in [0.3, 0.4) is 0 Å². The standard InChI is InChI=1S/C17H19F2N/c1-11-4-6-15(19)10-16(11)17(20-3)9-13-5-7-14(18)8-12(13)2/h4-8,10,17,20H,9H2,1-3H3. The van der Waals surface area contributed by atoms with Crippen LogP contribution in [-0.2, 0) is 6.42 Å². The maximum atomic E-state index is 13.4. The first kappa shape index (κ1) is 14.7. The van der Waals surface area contributed by atoms with E-state index in [9.17, 15) is 8.78 Å². The highest BCUT2D eigenvalue weighted by Crippen LogP contribution is 2.24. The normalized spacial score (nSPS) is 12.4. The van der Waals surface area contributed by atoms with Crippen molar-refractivity contribution in [2.24, 2.45) is 0 Å². The molecule has 0 spiro atoms. The lowest BCUT2D eigenvalue weighted by Crippen LogP contribution is -2.20. The van der Waals surface area contributed by atoms with E-state index < -0.39 is 0 Å². The summed E-state index contributed by atoms with van der Waals surface area (Å²) in [5.74, 6) is -0.462. The number of aryl methyl sites for hydroxylation is 2. The number of likely N-dealkylation sites (N-methyl/N-ethyl adjacent to an activating group) is 1. The molecule has 2 aromatic carbocycles. The summed E-state index contributed by atoms with van der Waals surface area (Å²) < 4.78 is 26.6. The minimum atomic E-state index is -0.235. The Hall–Kier alpha value is -1.74. The predicted molar refractivity (Wildman–Crippen MR) is 77.8 cm³/mol. The van der Waals surface area contributed by atoms with Gasteiger partial charge in [0, 0.05) is 6.04 Å². The van der Waals surface area contributed by atoms with Crippen molar-refractivity contribution < 1.29 is 8.78 Å². The van der Waals surface area contributed by atoms with Gasteiger partial charge in [-0.1, -0.05) is 12.1 Å². The Morgan fingerprint density at radius 3 is 2.25 bits per heavy atom. The van der Waals surface area contributed by atoms with Gasteiger partial charge in [0.1, 0.15) is 11.6 Å². The molecule has 0 fully saturated rings. The van der Waals surface area contributed by atoms with Crippen LogP contribution in [0, 0.1) is 25.5 Å². The van der Waals surface area contributed by atoms with Crippen LogP contribution < -0.4 is 5.32 Å². The van der Waals surface area contributed by atoms with Crippen molar-refractivity contribution in [2.75, 3.05) is 7.05 Å². The molecule has 0 bridgehead atoms. The van der Waals surface area contributed by atoms with Crippen LogP contribution in [0.4, 0.5) is 8.78 Å². The molecule has 2 rings (SSSR count). The van der Waals surface area contributed by atoms with Gasteiger partial charge in [-0.25, -0.2) is 8.78 Å². The Kier molecular flexibility index (Phi) is 4.50. The molecule has 0 saturated heterocycles. The van der Waals surface area contributed by atoms with Crippen LogP contribution in [0.25, 0.3) is 0 Å². The van der Waals surface area contributed by atoms with Crippen molar-refractivity contribution in [3.05, 3.63) is 70.3 Å². The van der Waals surface area contributed by atoms with Gasteiger partial charge >= 0.3 is 0 Å². The van der Waals surface area contributed by atoms with E-state index in [2.05, 4.69) is 5.32 Å². The molecule has 0 aliphatic rings. The van der Waals surface area contributed by atoms with E-state index in [-0.39, 0.29) is 17.7 Å². The zero-order chi connectivity index (χ0) is 14.7. The Balaban J connectivity index is 2.31. The summed E-state index contributed by atoms with van der Waals surface area (Å²) >= 11 is 0. The highest BCUT2D eigenvalue weighted by atomic mass is 19.1. The van der Waals surface area contributed by atoms with Crippen molar-refractivity contribution in [1.29, 1.82) is 0 Å². The van der Waals surface area contributed by atoms with Gasteiger partial charge < -0.3 is 5.32 Å². The largest absolute Gasteiger partial charge is 0.313 e. The third-order valence-electron chi connectivity index (χ3n) is 3.69. The third-order valence-corrected chi connectivity index (χ3v) is 3.69. The monoisotopic (exact) mass is 275 g/mol. The van der Waals surface area contributed by atoms with Crippen molar-refractivity contribution >= 4 is 0 Å². The maximum Gasteiger partial charge on any atom is 0.123 e. The van der Waals surface area contributed by atoms with Gasteiger partial charge in [-0.15, -0.1) is 0 Å². The maximum absolute atomic E-state index is 13.4. The molecule has 3 heteroatoms. The lowest BCUT2D eigenvalue weighted by molar-refractivity contribution is 0.571. The SMILES string of the molecule is CNC(Cc1ccc(F)cc1C)c1cc(F)ccc1C. The Morgan fingerprint density at radius 1 is 0.950 bits per heavy atom. The van der Waals surface area contributed by atoms with Gasteiger partial charge in [0.15, 0.2) is 0 Å². The first-order valence-electron chi connectivity index (χ1n) is 6.69. The van der Waals surface area contributed by atoms with Crippen LogP contribution in [-0.4, -0.2) is 7.05 Å². The van der Waals surface area contributed by atoms with Crippen molar-refractivity contribution in [1.82, 2.24) is 5.32 Å². The van der Waals surface area contributed by atoms with Gasteiger partial charge in [-0.3, -0.25) is 0 Å². The molecule has 0 aromatic heterocycles. The first-order chi connectivity index (χ1) is 9.51. The molecule has 0 aliphatic carbocycles. The molecule has 0 saturated carbocycles. The summed E-state index contributed by atoms with van der Waals surface area (Å²) in [5, 5.41) is 3.22. The van der Waals surface area contributed by atoms with Crippen molar-refractivity contribution in [2.45, 2.75) is 26.3 Å². The summed E-state index contributed by atoms with van der Waals surface area (Å²) in [4.78, 5) is 0. The number of hydrogen-bond acceptors (Lipinski definition) is 1. The molecule has 20 heavy (non-hydrogen) atoms. The Morgan fingerprint density at radius 2 is 1.60 bits per heavy atom. The fourth-order valence-corrected chi connectivity index (χ4v) is 2.46. The van der Waals surface area contributed by atoms with Crippen LogP contribution in [0.1, 0.15) is 28.3 Å². The third kappa shape index (κ3) is 3.23. The smallest absolute Gasteiger partial charge is 0.123 e. The van der Waals surface area contributed by atoms with Crippen LogP contribution >= 0.6 is 0 Å².